The van der Waals surface area contributed by atoms with Crippen molar-refractivity contribution in [2.75, 3.05) is 31.6 Å². The van der Waals surface area contributed by atoms with Gasteiger partial charge in [0.25, 0.3) is 0 Å². The summed E-state index contributed by atoms with van der Waals surface area (Å²) >= 11 is 0. The summed E-state index contributed by atoms with van der Waals surface area (Å²) in [4.78, 5) is 11.3. The van der Waals surface area contributed by atoms with Crippen molar-refractivity contribution in [1.29, 1.82) is 0 Å². The number of fused-ring (bicyclic) bond motifs is 1. The zero-order chi connectivity index (χ0) is 21.2. The normalized spacial score (nSPS) is 13.4. The van der Waals surface area contributed by atoms with E-state index in [1.165, 1.54) is 13.0 Å². The molecule has 1 N–H and O–H groups in total. The molecule has 0 saturated heterocycles. The monoisotopic (exact) mass is 430 g/mol. The summed E-state index contributed by atoms with van der Waals surface area (Å²) in [6.07, 6.45) is 0. The van der Waals surface area contributed by atoms with Crippen LogP contribution in [0.2, 0.25) is 0 Å². The van der Waals surface area contributed by atoms with Gasteiger partial charge in [-0.1, -0.05) is 6.92 Å². The summed E-state index contributed by atoms with van der Waals surface area (Å²) in [5, 5.41) is 2.51. The fraction of sp³-hybridized carbons (Fsp3) is 0.278. The molecule has 0 atom stereocenters. The number of halogens is 3. The number of hydrogen-bond donors (Lipinski definition) is 1. The minimum atomic E-state index is -4.58. The smallest absolute Gasteiger partial charge is 0.246 e. The molecule has 29 heavy (non-hydrogen) atoms. The lowest BCUT2D eigenvalue weighted by Gasteiger charge is -2.21. The third-order valence-electron chi connectivity index (χ3n) is 4.12. The fourth-order valence-corrected chi connectivity index (χ4v) is 4.16. The van der Waals surface area contributed by atoms with Gasteiger partial charge in [0.05, 0.1) is 6.54 Å². The van der Waals surface area contributed by atoms with E-state index in [9.17, 15) is 26.4 Å². The van der Waals surface area contributed by atoms with Gasteiger partial charge in [-0.05, 0) is 24.3 Å². The SMILES string of the molecule is CCN(CC(=O)Nc1ccc2c(c1)OCCO2)S(=O)(=O)c1ccc(F)c(F)c1F. The molecule has 11 heteroatoms. The zero-order valence-corrected chi connectivity index (χ0v) is 16.1. The van der Waals surface area contributed by atoms with E-state index < -0.39 is 44.8 Å². The van der Waals surface area contributed by atoms with Crippen molar-refractivity contribution >= 4 is 21.6 Å². The molecule has 0 fully saturated rings. The van der Waals surface area contributed by atoms with Crippen LogP contribution in [0.1, 0.15) is 6.92 Å². The summed E-state index contributed by atoms with van der Waals surface area (Å²) in [7, 11) is -4.58. The lowest BCUT2D eigenvalue weighted by molar-refractivity contribution is -0.116. The van der Waals surface area contributed by atoms with Gasteiger partial charge in [0.2, 0.25) is 15.9 Å². The Labute approximate surface area is 165 Å². The molecule has 0 bridgehead atoms. The lowest BCUT2D eigenvalue weighted by atomic mass is 10.2. The number of anilines is 1. The molecule has 0 aromatic heterocycles. The summed E-state index contributed by atoms with van der Waals surface area (Å²) in [5.41, 5.74) is 0.340. The Morgan fingerprint density at radius 3 is 2.45 bits per heavy atom. The molecule has 0 aliphatic carbocycles. The Morgan fingerprint density at radius 1 is 1.07 bits per heavy atom. The summed E-state index contributed by atoms with van der Waals surface area (Å²) in [6.45, 7) is 1.32. The van der Waals surface area contributed by atoms with Crippen molar-refractivity contribution in [3.8, 4) is 11.5 Å². The van der Waals surface area contributed by atoms with Crippen LogP contribution in [0.3, 0.4) is 0 Å². The van der Waals surface area contributed by atoms with Gasteiger partial charge < -0.3 is 14.8 Å². The number of rotatable bonds is 6. The number of nitrogens with one attached hydrogen (secondary N) is 1. The van der Waals surface area contributed by atoms with E-state index in [0.29, 0.717) is 46.8 Å². The van der Waals surface area contributed by atoms with Gasteiger partial charge in [0.15, 0.2) is 29.0 Å². The fourth-order valence-electron chi connectivity index (χ4n) is 2.70. The van der Waals surface area contributed by atoms with Gasteiger partial charge in [-0.25, -0.2) is 21.6 Å². The number of amides is 1. The maximum Gasteiger partial charge on any atom is 0.246 e. The minimum absolute atomic E-state index is 0.199. The molecular formula is C18H17F3N2O5S. The van der Waals surface area contributed by atoms with Crippen LogP contribution in [0.15, 0.2) is 35.2 Å². The predicted octanol–water partition coefficient (Wildman–Crippen LogP) is 2.52. The van der Waals surface area contributed by atoms with Crippen LogP contribution in [0.25, 0.3) is 0 Å². The van der Waals surface area contributed by atoms with Gasteiger partial charge >= 0.3 is 0 Å². The van der Waals surface area contributed by atoms with Crippen LogP contribution in [0.5, 0.6) is 11.5 Å². The Bertz CT molecular complexity index is 1050. The van der Waals surface area contributed by atoms with Gasteiger partial charge in [-0.3, -0.25) is 4.79 Å². The van der Waals surface area contributed by atoms with Gasteiger partial charge in [0, 0.05) is 18.3 Å². The quantitative estimate of drug-likeness (QED) is 0.712. The van der Waals surface area contributed by atoms with E-state index >= 15 is 0 Å². The van der Waals surface area contributed by atoms with Crippen molar-refractivity contribution in [3.63, 3.8) is 0 Å². The molecule has 0 radical (unpaired) electrons. The Kier molecular flexibility index (Phi) is 5.99. The molecule has 0 unspecified atom stereocenters. The van der Waals surface area contributed by atoms with E-state index in [-0.39, 0.29) is 6.54 Å². The second-order valence-electron chi connectivity index (χ2n) is 6.01. The van der Waals surface area contributed by atoms with Crippen LogP contribution >= 0.6 is 0 Å². The van der Waals surface area contributed by atoms with E-state index in [4.69, 9.17) is 9.47 Å². The molecule has 3 rings (SSSR count). The molecule has 2 aromatic rings. The highest BCUT2D eigenvalue weighted by molar-refractivity contribution is 7.89. The Morgan fingerprint density at radius 2 is 1.76 bits per heavy atom. The molecule has 2 aromatic carbocycles. The van der Waals surface area contributed by atoms with Gasteiger partial charge in [-0.15, -0.1) is 0 Å². The maximum atomic E-state index is 14.0. The van der Waals surface area contributed by atoms with Crippen molar-refractivity contribution in [2.45, 2.75) is 11.8 Å². The number of benzene rings is 2. The number of sulfonamides is 1. The van der Waals surface area contributed by atoms with Crippen molar-refractivity contribution < 1.29 is 35.9 Å². The minimum Gasteiger partial charge on any atom is -0.486 e. The highest BCUT2D eigenvalue weighted by Crippen LogP contribution is 2.32. The lowest BCUT2D eigenvalue weighted by Crippen LogP contribution is -2.38. The summed E-state index contributed by atoms with van der Waals surface area (Å²) in [6, 6.07) is 5.78. The van der Waals surface area contributed by atoms with Crippen LogP contribution in [0.4, 0.5) is 18.9 Å². The Balaban J connectivity index is 1.77. The molecule has 1 aliphatic rings. The van der Waals surface area contributed by atoms with E-state index in [1.807, 2.05) is 0 Å². The molecule has 1 amide bonds. The largest absolute Gasteiger partial charge is 0.486 e. The zero-order valence-electron chi connectivity index (χ0n) is 15.2. The predicted molar refractivity (Wildman–Crippen MR) is 96.8 cm³/mol. The van der Waals surface area contributed by atoms with Crippen molar-refractivity contribution in [3.05, 3.63) is 47.8 Å². The molecular weight excluding hydrogens is 413 g/mol. The second kappa shape index (κ2) is 8.29. The molecule has 0 spiro atoms. The first-order valence-electron chi connectivity index (χ1n) is 8.57. The molecule has 156 valence electrons. The Hall–Kier alpha value is -2.79. The number of likely N-dealkylation sites (N-methyl/N-ethyl adjacent to an activating group) is 1. The van der Waals surface area contributed by atoms with Crippen LogP contribution in [-0.4, -0.2) is 44.9 Å². The summed E-state index contributed by atoms with van der Waals surface area (Å²) < 4.78 is 77.1. The van der Waals surface area contributed by atoms with Crippen molar-refractivity contribution in [2.24, 2.45) is 0 Å². The molecule has 7 nitrogen and oxygen atoms in total. The average Bonchev–Trinajstić information content (AvgIpc) is 2.69. The van der Waals surface area contributed by atoms with E-state index in [2.05, 4.69) is 5.32 Å². The maximum absolute atomic E-state index is 14.0. The molecule has 0 saturated carbocycles. The first kappa shape index (κ1) is 20.9. The first-order chi connectivity index (χ1) is 13.7. The second-order valence-corrected chi connectivity index (χ2v) is 7.92. The number of carbonyl (C=O) groups is 1. The highest BCUT2D eigenvalue weighted by Gasteiger charge is 2.30. The number of hydrogen-bond acceptors (Lipinski definition) is 5. The van der Waals surface area contributed by atoms with E-state index in [0.717, 1.165) is 0 Å². The molecule has 1 aliphatic heterocycles. The summed E-state index contributed by atoms with van der Waals surface area (Å²) in [5.74, 6) is -5.02. The number of carbonyl (C=O) groups excluding carboxylic acids is 1. The molecule has 1 heterocycles. The van der Waals surface area contributed by atoms with Gasteiger partial charge in [0.1, 0.15) is 18.1 Å². The van der Waals surface area contributed by atoms with E-state index in [1.54, 1.807) is 12.1 Å². The van der Waals surface area contributed by atoms with Crippen LogP contribution in [0, 0.1) is 17.5 Å². The average molecular weight is 430 g/mol. The number of nitrogens with zero attached hydrogens (tertiary/aromatic N) is 1. The van der Waals surface area contributed by atoms with Crippen LogP contribution < -0.4 is 14.8 Å². The first-order valence-corrected chi connectivity index (χ1v) is 10.0. The standard InChI is InChI=1S/C18H17F3N2O5S/c1-2-23(29(25,26)15-6-4-12(19)17(20)18(15)21)10-16(24)22-11-3-5-13-14(9-11)28-8-7-27-13/h3-6,9H,2,7-8,10H2,1H3,(H,22,24). The third-order valence-corrected chi connectivity index (χ3v) is 6.05. The van der Waals surface area contributed by atoms with Crippen molar-refractivity contribution in [1.82, 2.24) is 4.31 Å². The highest BCUT2D eigenvalue weighted by atomic mass is 32.2. The van der Waals surface area contributed by atoms with Gasteiger partial charge in [-0.2, -0.15) is 4.31 Å². The number of ether oxygens (including phenoxy) is 2. The van der Waals surface area contributed by atoms with Crippen LogP contribution in [-0.2, 0) is 14.8 Å². The third kappa shape index (κ3) is 4.30. The topological polar surface area (TPSA) is 84.9 Å².